The van der Waals surface area contributed by atoms with E-state index in [1.807, 2.05) is 54.6 Å². The first kappa shape index (κ1) is 21.5. The fourth-order valence-electron chi connectivity index (χ4n) is 2.86. The molecule has 0 saturated heterocycles. The van der Waals surface area contributed by atoms with Gasteiger partial charge in [-0.3, -0.25) is 14.3 Å². The molecule has 158 valence electrons. The van der Waals surface area contributed by atoms with E-state index < -0.39 is 17.4 Å². The maximum absolute atomic E-state index is 12.2. The average molecular weight is 411 g/mol. The molecule has 0 spiro atoms. The molecule has 8 heteroatoms. The number of hydrogen-bond acceptors (Lipinski definition) is 6. The lowest BCUT2D eigenvalue weighted by molar-refractivity contribution is -0.0200. The highest BCUT2D eigenvalue weighted by Gasteiger charge is 2.10. The highest BCUT2D eigenvalue weighted by molar-refractivity contribution is 5.32. The predicted molar refractivity (Wildman–Crippen MR) is 112 cm³/mol. The van der Waals surface area contributed by atoms with Crippen molar-refractivity contribution in [2.24, 2.45) is 5.73 Å². The van der Waals surface area contributed by atoms with Gasteiger partial charge in [0.25, 0.3) is 5.56 Å². The summed E-state index contributed by atoms with van der Waals surface area (Å²) in [5.41, 5.74) is 6.77. The Balaban J connectivity index is 1.71. The van der Waals surface area contributed by atoms with Gasteiger partial charge < -0.3 is 20.3 Å². The largest absolute Gasteiger partial charge is 0.489 e. The number of nitrogens with two attached hydrogens (primary N) is 1. The Labute approximate surface area is 173 Å². The molecule has 2 aromatic carbocycles. The lowest BCUT2D eigenvalue weighted by Crippen LogP contribution is -2.35. The van der Waals surface area contributed by atoms with Crippen molar-refractivity contribution in [1.82, 2.24) is 9.55 Å². The summed E-state index contributed by atoms with van der Waals surface area (Å²) in [6.07, 6.45) is 1.20. The summed E-state index contributed by atoms with van der Waals surface area (Å²) in [5, 5.41) is 9.15. The van der Waals surface area contributed by atoms with Gasteiger partial charge in [0.05, 0.1) is 12.7 Å². The Morgan fingerprint density at radius 2 is 1.83 bits per heavy atom. The van der Waals surface area contributed by atoms with E-state index in [-0.39, 0.29) is 19.9 Å². The van der Waals surface area contributed by atoms with Crippen LogP contribution in [0.2, 0.25) is 0 Å². The van der Waals surface area contributed by atoms with E-state index in [1.165, 1.54) is 10.8 Å². The molecule has 8 nitrogen and oxygen atoms in total. The van der Waals surface area contributed by atoms with Crippen molar-refractivity contribution in [1.29, 1.82) is 0 Å². The van der Waals surface area contributed by atoms with Crippen LogP contribution in [-0.2, 0) is 24.5 Å². The van der Waals surface area contributed by atoms with E-state index in [4.69, 9.17) is 20.3 Å². The topological polar surface area (TPSA) is 120 Å². The first-order valence-corrected chi connectivity index (χ1v) is 9.60. The monoisotopic (exact) mass is 411 g/mol. The van der Waals surface area contributed by atoms with Crippen LogP contribution in [0.1, 0.15) is 16.7 Å². The molecule has 0 radical (unpaired) electrons. The average Bonchev–Trinajstić information content (AvgIpc) is 2.77. The van der Waals surface area contributed by atoms with Crippen LogP contribution in [0.15, 0.2) is 70.4 Å². The fraction of sp³-hybridized carbons (Fsp3) is 0.273. The Hall–Kier alpha value is -3.20. The molecule has 0 saturated carbocycles. The molecule has 0 aliphatic rings. The van der Waals surface area contributed by atoms with Gasteiger partial charge in [-0.25, -0.2) is 4.79 Å². The van der Waals surface area contributed by atoms with E-state index in [1.54, 1.807) is 0 Å². The maximum atomic E-state index is 12.2. The van der Waals surface area contributed by atoms with E-state index >= 15 is 0 Å². The highest BCUT2D eigenvalue weighted by Crippen LogP contribution is 2.17. The van der Waals surface area contributed by atoms with Gasteiger partial charge in [0, 0.05) is 24.7 Å². The molecule has 0 amide bonds. The quantitative estimate of drug-likeness (QED) is 0.458. The number of ether oxygens (including phenoxy) is 2. The Morgan fingerprint density at radius 1 is 1.07 bits per heavy atom. The molecule has 0 aliphatic carbocycles. The van der Waals surface area contributed by atoms with Crippen LogP contribution < -0.4 is 21.7 Å². The van der Waals surface area contributed by atoms with Gasteiger partial charge >= 0.3 is 5.69 Å². The van der Waals surface area contributed by atoms with E-state index in [0.717, 1.165) is 11.1 Å². The van der Waals surface area contributed by atoms with Crippen LogP contribution in [0.3, 0.4) is 0 Å². The summed E-state index contributed by atoms with van der Waals surface area (Å²) in [7, 11) is 0. The normalized spacial score (nSPS) is 11.9. The minimum absolute atomic E-state index is 0.120. The molecule has 0 aliphatic heterocycles. The summed E-state index contributed by atoms with van der Waals surface area (Å²) < 4.78 is 12.5. The molecular weight excluding hydrogens is 386 g/mol. The molecule has 30 heavy (non-hydrogen) atoms. The summed E-state index contributed by atoms with van der Waals surface area (Å²) in [4.78, 5) is 26.6. The molecule has 3 rings (SSSR count). The third kappa shape index (κ3) is 5.90. The molecule has 0 fully saturated rings. The number of nitrogens with zero attached hydrogens (tertiary/aromatic N) is 1. The van der Waals surface area contributed by atoms with E-state index in [9.17, 15) is 9.59 Å². The zero-order valence-corrected chi connectivity index (χ0v) is 16.5. The zero-order chi connectivity index (χ0) is 21.3. The van der Waals surface area contributed by atoms with Gasteiger partial charge in [-0.05, 0) is 23.3 Å². The van der Waals surface area contributed by atoms with Crippen LogP contribution >= 0.6 is 0 Å². The van der Waals surface area contributed by atoms with Gasteiger partial charge in [0.1, 0.15) is 19.1 Å². The van der Waals surface area contributed by atoms with Crippen LogP contribution in [0.25, 0.3) is 0 Å². The number of rotatable bonds is 10. The van der Waals surface area contributed by atoms with Crippen molar-refractivity contribution in [3.8, 4) is 5.75 Å². The summed E-state index contributed by atoms with van der Waals surface area (Å²) >= 11 is 0. The fourth-order valence-corrected chi connectivity index (χ4v) is 2.86. The van der Waals surface area contributed by atoms with Crippen molar-refractivity contribution >= 4 is 0 Å². The summed E-state index contributed by atoms with van der Waals surface area (Å²) in [6, 6.07) is 17.3. The molecule has 3 aromatic rings. The minimum atomic E-state index is -0.586. The van der Waals surface area contributed by atoms with Gasteiger partial charge in [-0.1, -0.05) is 42.5 Å². The van der Waals surface area contributed by atoms with Gasteiger partial charge in [-0.2, -0.15) is 0 Å². The number of H-pyrrole nitrogens is 1. The smallest absolute Gasteiger partial charge is 0.330 e. The Morgan fingerprint density at radius 3 is 2.57 bits per heavy atom. The number of aromatic amines is 1. The second kappa shape index (κ2) is 10.5. The zero-order valence-electron chi connectivity index (χ0n) is 16.5. The first-order chi connectivity index (χ1) is 14.6. The van der Waals surface area contributed by atoms with E-state index in [0.29, 0.717) is 24.3 Å². The summed E-state index contributed by atoms with van der Waals surface area (Å²) in [5.74, 6) is 0.693. The first-order valence-electron chi connectivity index (χ1n) is 9.60. The van der Waals surface area contributed by atoms with Crippen LogP contribution in [0.5, 0.6) is 5.75 Å². The second-order valence-electron chi connectivity index (χ2n) is 6.82. The van der Waals surface area contributed by atoms with Crippen molar-refractivity contribution in [2.75, 3.05) is 13.2 Å². The Kier molecular flexibility index (Phi) is 7.56. The SMILES string of the molecule is NCC(CO)OCn1cc(Cc2cccc(OCc3ccccc3)c2)c(=O)[nH]c1=O. The molecule has 4 N–H and O–H groups in total. The Bertz CT molecular complexity index is 1060. The van der Waals surface area contributed by atoms with Crippen molar-refractivity contribution in [2.45, 2.75) is 25.9 Å². The maximum Gasteiger partial charge on any atom is 0.330 e. The molecule has 1 unspecified atom stereocenters. The highest BCUT2D eigenvalue weighted by atomic mass is 16.5. The molecule has 1 heterocycles. The van der Waals surface area contributed by atoms with Gasteiger partial charge in [-0.15, -0.1) is 0 Å². The summed E-state index contributed by atoms with van der Waals surface area (Å²) in [6.45, 7) is 0.194. The molecule has 0 bridgehead atoms. The lowest BCUT2D eigenvalue weighted by Gasteiger charge is -2.14. The van der Waals surface area contributed by atoms with Crippen molar-refractivity contribution in [3.63, 3.8) is 0 Å². The number of benzene rings is 2. The van der Waals surface area contributed by atoms with Crippen LogP contribution in [0, 0.1) is 0 Å². The standard InChI is InChI=1S/C22H25N3O5/c23-11-20(13-26)30-15-25-12-18(21(27)24-22(25)28)9-17-7-4-8-19(10-17)29-14-16-5-2-1-3-6-16/h1-8,10,12,20,26H,9,11,13-15,23H2,(H,24,27,28). The van der Waals surface area contributed by atoms with Crippen LogP contribution in [-0.4, -0.2) is 33.9 Å². The van der Waals surface area contributed by atoms with Crippen molar-refractivity contribution in [3.05, 3.63) is 98.3 Å². The number of aliphatic hydroxyl groups is 1. The number of hydrogen-bond donors (Lipinski definition) is 3. The van der Waals surface area contributed by atoms with Crippen LogP contribution in [0.4, 0.5) is 0 Å². The third-order valence-corrected chi connectivity index (χ3v) is 4.54. The molecular formula is C22H25N3O5. The van der Waals surface area contributed by atoms with E-state index in [2.05, 4.69) is 4.98 Å². The van der Waals surface area contributed by atoms with Gasteiger partial charge in [0.15, 0.2) is 0 Å². The predicted octanol–water partition coefficient (Wildman–Crippen LogP) is 1.00. The van der Waals surface area contributed by atoms with Crippen molar-refractivity contribution < 1.29 is 14.6 Å². The number of nitrogens with one attached hydrogen (secondary N) is 1. The minimum Gasteiger partial charge on any atom is -0.489 e. The third-order valence-electron chi connectivity index (χ3n) is 4.54. The number of aromatic nitrogens is 2. The number of aliphatic hydroxyl groups excluding tert-OH is 1. The second-order valence-corrected chi connectivity index (χ2v) is 6.82. The molecule has 1 atom stereocenters. The molecule has 1 aromatic heterocycles. The van der Waals surface area contributed by atoms with Gasteiger partial charge in [0.2, 0.25) is 0 Å². The lowest BCUT2D eigenvalue weighted by atomic mass is 10.1.